The first-order valence-electron chi connectivity index (χ1n) is 5.45. The lowest BCUT2D eigenvalue weighted by atomic mass is 10.2. The minimum absolute atomic E-state index is 0.0921. The average molecular weight is 267 g/mol. The van der Waals surface area contributed by atoms with E-state index in [0.29, 0.717) is 29.6 Å². The number of hydrogen-bond acceptors (Lipinski definition) is 4. The first-order chi connectivity index (χ1) is 8.65. The molecular weight excluding hydrogens is 256 g/mol. The van der Waals surface area contributed by atoms with Gasteiger partial charge in [-0.25, -0.2) is 0 Å². The number of benzene rings is 1. The van der Waals surface area contributed by atoms with Crippen molar-refractivity contribution in [3.63, 3.8) is 0 Å². The lowest BCUT2D eigenvalue weighted by Gasteiger charge is -1.95. The fourth-order valence-corrected chi connectivity index (χ4v) is 1.67. The van der Waals surface area contributed by atoms with Gasteiger partial charge in [0.15, 0.2) is 0 Å². The Hall–Kier alpha value is -1.88. The van der Waals surface area contributed by atoms with Gasteiger partial charge in [-0.15, -0.1) is 10.2 Å². The van der Waals surface area contributed by atoms with Gasteiger partial charge >= 0.3 is 5.97 Å². The molecule has 0 atom stereocenters. The van der Waals surface area contributed by atoms with Gasteiger partial charge in [0.05, 0.1) is 0 Å². The van der Waals surface area contributed by atoms with Crippen LogP contribution in [-0.4, -0.2) is 21.3 Å². The molecule has 0 aliphatic rings. The lowest BCUT2D eigenvalue weighted by molar-refractivity contribution is -0.137. The molecule has 0 bridgehead atoms. The Bertz CT molecular complexity index is 554. The summed E-state index contributed by atoms with van der Waals surface area (Å²) in [6.45, 7) is 0. The van der Waals surface area contributed by atoms with Gasteiger partial charge < -0.3 is 9.52 Å². The van der Waals surface area contributed by atoms with Crippen LogP contribution >= 0.6 is 11.6 Å². The van der Waals surface area contributed by atoms with Gasteiger partial charge in [-0.3, -0.25) is 4.79 Å². The molecule has 1 aromatic heterocycles. The van der Waals surface area contributed by atoms with Crippen LogP contribution in [0.5, 0.6) is 0 Å². The number of hydrogen-bond donors (Lipinski definition) is 1. The minimum atomic E-state index is -0.829. The van der Waals surface area contributed by atoms with Crippen LogP contribution in [0.2, 0.25) is 5.02 Å². The Balaban J connectivity index is 2.04. The zero-order chi connectivity index (χ0) is 13.0. The van der Waals surface area contributed by atoms with Crippen molar-refractivity contribution in [1.82, 2.24) is 10.2 Å². The van der Waals surface area contributed by atoms with E-state index in [1.54, 1.807) is 18.2 Å². The standard InChI is InChI=1S/C12H11ClN2O3/c13-9-4-1-3-8(7-9)12-15-14-10(18-12)5-2-6-11(16)17/h1,3-4,7H,2,5-6H2,(H,16,17). The Kier molecular flexibility index (Phi) is 3.94. The smallest absolute Gasteiger partial charge is 0.303 e. The summed E-state index contributed by atoms with van der Waals surface area (Å²) in [4.78, 5) is 10.4. The summed E-state index contributed by atoms with van der Waals surface area (Å²) >= 11 is 5.86. The number of aliphatic carboxylic acids is 1. The molecule has 6 heteroatoms. The monoisotopic (exact) mass is 266 g/mol. The van der Waals surface area contributed by atoms with Crippen molar-refractivity contribution in [3.05, 3.63) is 35.2 Å². The first-order valence-corrected chi connectivity index (χ1v) is 5.83. The molecule has 0 fully saturated rings. The van der Waals surface area contributed by atoms with Crippen molar-refractivity contribution < 1.29 is 14.3 Å². The number of carboxylic acids is 1. The number of nitrogens with zero attached hydrogens (tertiary/aromatic N) is 2. The fraction of sp³-hybridized carbons (Fsp3) is 0.250. The molecule has 94 valence electrons. The molecule has 1 heterocycles. The maximum Gasteiger partial charge on any atom is 0.303 e. The Morgan fingerprint density at radius 3 is 2.94 bits per heavy atom. The number of carbonyl (C=O) groups is 1. The molecule has 2 aromatic rings. The van der Waals surface area contributed by atoms with Gasteiger partial charge in [0.25, 0.3) is 0 Å². The molecule has 1 aromatic carbocycles. The van der Waals surface area contributed by atoms with Gasteiger partial charge in [-0.05, 0) is 24.6 Å². The molecule has 0 saturated heterocycles. The number of aryl methyl sites for hydroxylation is 1. The second kappa shape index (κ2) is 5.64. The van der Waals surface area contributed by atoms with Crippen molar-refractivity contribution in [2.75, 3.05) is 0 Å². The molecular formula is C12H11ClN2O3. The van der Waals surface area contributed by atoms with Crippen molar-refractivity contribution in [3.8, 4) is 11.5 Å². The quantitative estimate of drug-likeness (QED) is 0.900. The maximum absolute atomic E-state index is 10.4. The number of halogens is 1. The molecule has 0 aliphatic carbocycles. The van der Waals surface area contributed by atoms with Crippen LogP contribution in [0, 0.1) is 0 Å². The van der Waals surface area contributed by atoms with Crippen LogP contribution in [0.25, 0.3) is 11.5 Å². The van der Waals surface area contributed by atoms with Gasteiger partial charge in [-0.2, -0.15) is 0 Å². The van der Waals surface area contributed by atoms with Crippen LogP contribution in [0.4, 0.5) is 0 Å². The maximum atomic E-state index is 10.4. The van der Waals surface area contributed by atoms with E-state index in [9.17, 15) is 4.79 Å². The normalized spacial score (nSPS) is 10.5. The second-order valence-electron chi connectivity index (χ2n) is 3.76. The van der Waals surface area contributed by atoms with E-state index >= 15 is 0 Å². The highest BCUT2D eigenvalue weighted by Gasteiger charge is 2.09. The molecule has 1 N–H and O–H groups in total. The second-order valence-corrected chi connectivity index (χ2v) is 4.20. The summed E-state index contributed by atoms with van der Waals surface area (Å²) in [7, 11) is 0. The molecule has 0 spiro atoms. The predicted octanol–water partition coefficient (Wildman–Crippen LogP) is 2.80. The van der Waals surface area contributed by atoms with Crippen LogP contribution in [0.3, 0.4) is 0 Å². The van der Waals surface area contributed by atoms with Crippen LogP contribution < -0.4 is 0 Å². The Morgan fingerprint density at radius 1 is 1.39 bits per heavy atom. The van der Waals surface area contributed by atoms with E-state index in [4.69, 9.17) is 21.1 Å². The van der Waals surface area contributed by atoms with Crippen molar-refractivity contribution in [2.45, 2.75) is 19.3 Å². The van der Waals surface area contributed by atoms with Gasteiger partial charge in [-0.1, -0.05) is 17.7 Å². The van der Waals surface area contributed by atoms with E-state index in [-0.39, 0.29) is 6.42 Å². The molecule has 2 rings (SSSR count). The summed E-state index contributed by atoms with van der Waals surface area (Å²) in [5, 5.41) is 16.9. The number of carboxylic acid groups (broad SMARTS) is 1. The summed E-state index contributed by atoms with van der Waals surface area (Å²) in [5.41, 5.74) is 0.750. The van der Waals surface area contributed by atoms with Crippen LogP contribution in [-0.2, 0) is 11.2 Å². The van der Waals surface area contributed by atoms with E-state index in [2.05, 4.69) is 10.2 Å². The minimum Gasteiger partial charge on any atom is -0.481 e. The fourth-order valence-electron chi connectivity index (χ4n) is 1.48. The SMILES string of the molecule is O=C(O)CCCc1nnc(-c2cccc(Cl)c2)o1. The molecule has 0 radical (unpaired) electrons. The molecule has 18 heavy (non-hydrogen) atoms. The molecule has 0 unspecified atom stereocenters. The summed E-state index contributed by atoms with van der Waals surface area (Å²) < 4.78 is 5.43. The zero-order valence-corrected chi connectivity index (χ0v) is 10.2. The van der Waals surface area contributed by atoms with E-state index < -0.39 is 5.97 Å². The third kappa shape index (κ3) is 3.30. The first kappa shape index (κ1) is 12.6. The predicted molar refractivity (Wildman–Crippen MR) is 65.3 cm³/mol. The molecule has 5 nitrogen and oxygen atoms in total. The molecule has 0 amide bonds. The van der Waals surface area contributed by atoms with Crippen molar-refractivity contribution >= 4 is 17.6 Å². The number of rotatable bonds is 5. The van der Waals surface area contributed by atoms with E-state index in [1.807, 2.05) is 6.07 Å². The Labute approximate surface area is 108 Å². The average Bonchev–Trinajstić information content (AvgIpc) is 2.77. The third-order valence-electron chi connectivity index (χ3n) is 2.32. The third-order valence-corrected chi connectivity index (χ3v) is 2.55. The van der Waals surface area contributed by atoms with E-state index in [1.165, 1.54) is 0 Å². The van der Waals surface area contributed by atoms with Gasteiger partial charge in [0, 0.05) is 23.4 Å². The highest BCUT2D eigenvalue weighted by Crippen LogP contribution is 2.21. The highest BCUT2D eigenvalue weighted by atomic mass is 35.5. The van der Waals surface area contributed by atoms with Crippen LogP contribution in [0.1, 0.15) is 18.7 Å². The summed E-state index contributed by atoms with van der Waals surface area (Å²) in [6.07, 6.45) is 1.03. The summed E-state index contributed by atoms with van der Waals surface area (Å²) in [6, 6.07) is 7.11. The van der Waals surface area contributed by atoms with Crippen LogP contribution in [0.15, 0.2) is 28.7 Å². The van der Waals surface area contributed by atoms with Gasteiger partial charge in [0.2, 0.25) is 11.8 Å². The van der Waals surface area contributed by atoms with Crippen molar-refractivity contribution in [2.24, 2.45) is 0 Å². The largest absolute Gasteiger partial charge is 0.481 e. The lowest BCUT2D eigenvalue weighted by Crippen LogP contribution is -1.95. The summed E-state index contributed by atoms with van der Waals surface area (Å²) in [5.74, 6) is -0.00127. The zero-order valence-electron chi connectivity index (χ0n) is 9.47. The topological polar surface area (TPSA) is 76.2 Å². The van der Waals surface area contributed by atoms with Gasteiger partial charge in [0.1, 0.15) is 0 Å². The Morgan fingerprint density at radius 2 is 2.22 bits per heavy atom. The molecule has 0 saturated carbocycles. The number of aromatic nitrogens is 2. The molecule has 0 aliphatic heterocycles. The highest BCUT2D eigenvalue weighted by molar-refractivity contribution is 6.30. The van der Waals surface area contributed by atoms with Crippen molar-refractivity contribution in [1.29, 1.82) is 0 Å². The van der Waals surface area contributed by atoms with E-state index in [0.717, 1.165) is 5.56 Å².